The van der Waals surface area contributed by atoms with E-state index < -0.39 is 0 Å². The van der Waals surface area contributed by atoms with Gasteiger partial charge >= 0.3 is 0 Å². The lowest BCUT2D eigenvalue weighted by atomic mass is 10.1. The lowest BCUT2D eigenvalue weighted by molar-refractivity contribution is 0.313. The van der Waals surface area contributed by atoms with Gasteiger partial charge in [0.05, 0.1) is 12.5 Å². The summed E-state index contributed by atoms with van der Waals surface area (Å²) in [4.78, 5) is 12.6. The summed E-state index contributed by atoms with van der Waals surface area (Å²) in [5, 5.41) is 1.01. The molecule has 0 radical (unpaired) electrons. The molecule has 4 rings (SSSR count). The van der Waals surface area contributed by atoms with Gasteiger partial charge in [0.2, 0.25) is 0 Å². The van der Waals surface area contributed by atoms with Crippen LogP contribution >= 0.6 is 0 Å². The molecule has 3 heterocycles. The molecule has 1 aliphatic rings. The molecule has 1 fully saturated rings. The molecule has 0 unspecified atom stereocenters. The van der Waals surface area contributed by atoms with Gasteiger partial charge in [-0.1, -0.05) is 12.1 Å². The molecule has 0 atom stereocenters. The van der Waals surface area contributed by atoms with Crippen molar-refractivity contribution in [3.8, 4) is 17.0 Å². The van der Waals surface area contributed by atoms with Crippen molar-refractivity contribution in [2.24, 2.45) is 0 Å². The average molecular weight is 322 g/mol. The van der Waals surface area contributed by atoms with E-state index in [0.717, 1.165) is 54.2 Å². The molecular weight excluding hydrogens is 300 g/mol. The van der Waals surface area contributed by atoms with Crippen LogP contribution in [0.3, 0.4) is 0 Å². The molecule has 5 heteroatoms. The van der Waals surface area contributed by atoms with Crippen LogP contribution in [0, 0.1) is 0 Å². The first kappa shape index (κ1) is 15.0. The van der Waals surface area contributed by atoms with Gasteiger partial charge in [0.15, 0.2) is 0 Å². The Morgan fingerprint density at radius 1 is 1.04 bits per heavy atom. The smallest absolute Gasteiger partial charge is 0.141 e. The minimum absolute atomic E-state index is 0.844. The maximum atomic E-state index is 5.41. The monoisotopic (exact) mass is 322 g/mol. The van der Waals surface area contributed by atoms with Crippen LogP contribution in [0.1, 0.15) is 0 Å². The molecule has 2 aromatic heterocycles. The fraction of sp³-hybridized carbons (Fsp3) is 0.316. The number of hydrogen-bond donors (Lipinski definition) is 1. The summed E-state index contributed by atoms with van der Waals surface area (Å²) in [5.74, 6) is 0.844. The highest BCUT2D eigenvalue weighted by Gasteiger charge is 2.14. The number of pyridine rings is 1. The lowest BCUT2D eigenvalue weighted by Gasteiger charge is -2.34. The number of H-pyrrole nitrogens is 1. The third kappa shape index (κ3) is 2.71. The van der Waals surface area contributed by atoms with Crippen LogP contribution in [-0.4, -0.2) is 55.2 Å². The molecule has 24 heavy (non-hydrogen) atoms. The summed E-state index contributed by atoms with van der Waals surface area (Å²) in [6, 6.07) is 12.7. The highest BCUT2D eigenvalue weighted by molar-refractivity contribution is 5.88. The molecule has 0 aliphatic carbocycles. The van der Waals surface area contributed by atoms with Gasteiger partial charge in [-0.25, -0.2) is 4.98 Å². The molecule has 0 bridgehead atoms. The molecule has 0 saturated carbocycles. The molecule has 0 amide bonds. The van der Waals surface area contributed by atoms with Crippen LogP contribution < -0.4 is 9.64 Å². The van der Waals surface area contributed by atoms with E-state index >= 15 is 0 Å². The lowest BCUT2D eigenvalue weighted by Crippen LogP contribution is -2.44. The number of rotatable bonds is 3. The number of benzene rings is 1. The van der Waals surface area contributed by atoms with Crippen molar-refractivity contribution in [2.45, 2.75) is 0 Å². The zero-order valence-electron chi connectivity index (χ0n) is 14.1. The van der Waals surface area contributed by atoms with E-state index in [1.54, 1.807) is 13.3 Å². The Morgan fingerprint density at radius 3 is 2.50 bits per heavy atom. The second-order valence-electron chi connectivity index (χ2n) is 6.30. The molecule has 124 valence electrons. The number of nitrogens with zero attached hydrogens (tertiary/aromatic N) is 3. The van der Waals surface area contributed by atoms with E-state index in [2.05, 4.69) is 57.1 Å². The molecule has 3 aromatic rings. The van der Waals surface area contributed by atoms with Crippen molar-refractivity contribution in [1.82, 2.24) is 14.9 Å². The maximum Gasteiger partial charge on any atom is 0.141 e. The van der Waals surface area contributed by atoms with E-state index in [4.69, 9.17) is 4.74 Å². The van der Waals surface area contributed by atoms with Crippen LogP contribution in [0.2, 0.25) is 0 Å². The Labute approximate surface area is 141 Å². The number of aromatic amines is 1. The zero-order chi connectivity index (χ0) is 16.5. The van der Waals surface area contributed by atoms with Crippen molar-refractivity contribution < 1.29 is 4.74 Å². The van der Waals surface area contributed by atoms with Crippen molar-refractivity contribution in [3.63, 3.8) is 0 Å². The first-order valence-corrected chi connectivity index (χ1v) is 8.30. The molecule has 0 spiro atoms. The van der Waals surface area contributed by atoms with Gasteiger partial charge < -0.3 is 19.5 Å². The highest BCUT2D eigenvalue weighted by atomic mass is 16.5. The Bertz CT molecular complexity index is 832. The quantitative estimate of drug-likeness (QED) is 0.805. The number of likely N-dealkylation sites (N-methyl/N-ethyl adjacent to an activating group) is 1. The summed E-state index contributed by atoms with van der Waals surface area (Å²) in [6.07, 6.45) is 1.76. The van der Waals surface area contributed by atoms with Crippen molar-refractivity contribution in [2.75, 3.05) is 45.2 Å². The van der Waals surface area contributed by atoms with Crippen molar-refractivity contribution in [1.29, 1.82) is 0 Å². The van der Waals surface area contributed by atoms with E-state index in [9.17, 15) is 0 Å². The van der Waals surface area contributed by atoms with Gasteiger partial charge in [0.1, 0.15) is 11.4 Å². The Morgan fingerprint density at radius 2 is 1.79 bits per heavy atom. The standard InChI is InChI=1S/C19H22N4O/c1-22-9-11-23(12-10-22)15-5-3-14(4-6-15)17-13-16-18(24-2)7-8-20-19(16)21-17/h3-8,13H,9-12H2,1-2H3,(H,20,21). The number of methoxy groups -OCH3 is 1. The second-order valence-corrected chi connectivity index (χ2v) is 6.30. The number of piperazine rings is 1. The van der Waals surface area contributed by atoms with Crippen LogP contribution in [0.4, 0.5) is 5.69 Å². The molecule has 1 aliphatic heterocycles. The first-order chi connectivity index (χ1) is 11.7. The van der Waals surface area contributed by atoms with E-state index in [-0.39, 0.29) is 0 Å². The van der Waals surface area contributed by atoms with Crippen LogP contribution in [0.25, 0.3) is 22.3 Å². The zero-order valence-corrected chi connectivity index (χ0v) is 14.1. The maximum absolute atomic E-state index is 5.41. The summed E-state index contributed by atoms with van der Waals surface area (Å²) >= 11 is 0. The molecule has 1 N–H and O–H groups in total. The van der Waals surface area contributed by atoms with Crippen molar-refractivity contribution >= 4 is 16.7 Å². The van der Waals surface area contributed by atoms with Gasteiger partial charge in [-0.2, -0.15) is 0 Å². The Kier molecular flexibility index (Phi) is 3.86. The normalized spacial score (nSPS) is 15.8. The van der Waals surface area contributed by atoms with Gasteiger partial charge in [0.25, 0.3) is 0 Å². The average Bonchev–Trinajstić information content (AvgIpc) is 3.07. The largest absolute Gasteiger partial charge is 0.496 e. The van der Waals surface area contributed by atoms with Crippen LogP contribution in [0.15, 0.2) is 42.6 Å². The van der Waals surface area contributed by atoms with E-state index in [1.807, 2.05) is 6.07 Å². The van der Waals surface area contributed by atoms with Crippen LogP contribution in [-0.2, 0) is 0 Å². The van der Waals surface area contributed by atoms with Crippen molar-refractivity contribution in [3.05, 3.63) is 42.6 Å². The minimum atomic E-state index is 0.844. The summed E-state index contributed by atoms with van der Waals surface area (Å²) in [5.41, 5.74) is 4.37. The molecule has 1 saturated heterocycles. The minimum Gasteiger partial charge on any atom is -0.496 e. The number of fused-ring (bicyclic) bond motifs is 1. The first-order valence-electron chi connectivity index (χ1n) is 8.30. The number of ether oxygens (including phenoxy) is 1. The highest BCUT2D eigenvalue weighted by Crippen LogP contribution is 2.30. The van der Waals surface area contributed by atoms with Gasteiger partial charge in [-0.15, -0.1) is 0 Å². The third-order valence-corrected chi connectivity index (χ3v) is 4.76. The fourth-order valence-corrected chi connectivity index (χ4v) is 3.25. The fourth-order valence-electron chi connectivity index (χ4n) is 3.25. The summed E-state index contributed by atoms with van der Waals surface area (Å²) in [7, 11) is 3.87. The summed E-state index contributed by atoms with van der Waals surface area (Å²) < 4.78 is 5.41. The predicted molar refractivity (Wildman–Crippen MR) is 97.8 cm³/mol. The third-order valence-electron chi connectivity index (χ3n) is 4.76. The van der Waals surface area contributed by atoms with E-state index in [0.29, 0.717) is 0 Å². The molecule has 5 nitrogen and oxygen atoms in total. The van der Waals surface area contributed by atoms with Gasteiger partial charge in [-0.05, 0) is 36.9 Å². The SMILES string of the molecule is COc1ccnc2[nH]c(-c3ccc(N4CCN(C)CC4)cc3)cc12. The number of nitrogens with one attached hydrogen (secondary N) is 1. The molecule has 1 aromatic carbocycles. The number of hydrogen-bond acceptors (Lipinski definition) is 4. The Hall–Kier alpha value is -2.53. The van der Waals surface area contributed by atoms with E-state index in [1.165, 1.54) is 5.69 Å². The van der Waals surface area contributed by atoms with Gasteiger partial charge in [-0.3, -0.25) is 0 Å². The van der Waals surface area contributed by atoms with Crippen LogP contribution in [0.5, 0.6) is 5.75 Å². The second kappa shape index (κ2) is 6.17. The topological polar surface area (TPSA) is 44.4 Å². The summed E-state index contributed by atoms with van der Waals surface area (Å²) in [6.45, 7) is 4.41. The molecular formula is C19H22N4O. The predicted octanol–water partition coefficient (Wildman–Crippen LogP) is 2.99. The van der Waals surface area contributed by atoms with Gasteiger partial charge in [0, 0.05) is 43.8 Å². The number of anilines is 1. The number of aromatic nitrogens is 2. The Balaban J connectivity index is 1.61.